The maximum atomic E-state index is 13.9. The zero-order valence-electron chi connectivity index (χ0n) is 11.1. The van der Waals surface area contributed by atoms with Crippen LogP contribution in [-0.2, 0) is 0 Å². The van der Waals surface area contributed by atoms with E-state index in [4.69, 9.17) is 0 Å². The van der Waals surface area contributed by atoms with Gasteiger partial charge >= 0.3 is 0 Å². The monoisotopic (exact) mass is 223 g/mol. The highest BCUT2D eigenvalue weighted by Crippen LogP contribution is 2.31. The number of hydrogen-bond donors (Lipinski definition) is 0. The van der Waals surface area contributed by atoms with Gasteiger partial charge in [0.1, 0.15) is 5.82 Å². The quantitative estimate of drug-likeness (QED) is 0.744. The van der Waals surface area contributed by atoms with Crippen molar-refractivity contribution in [3.63, 3.8) is 0 Å². The number of benzene rings is 1. The largest absolute Gasteiger partial charge is 0.377 e. The van der Waals surface area contributed by atoms with Gasteiger partial charge in [-0.1, -0.05) is 27.7 Å². The molecular formula is C14H22FN. The van der Waals surface area contributed by atoms with Crippen molar-refractivity contribution in [3.8, 4) is 0 Å². The summed E-state index contributed by atoms with van der Waals surface area (Å²) >= 11 is 0. The molecule has 0 saturated carbocycles. The normalized spacial score (nSPS) is 11.3. The molecule has 0 unspecified atom stereocenters. The van der Waals surface area contributed by atoms with Crippen LogP contribution in [0.4, 0.5) is 10.1 Å². The highest BCUT2D eigenvalue weighted by molar-refractivity contribution is 5.56. The molecule has 1 rings (SSSR count). The fraction of sp³-hybridized carbons (Fsp3) is 0.571. The highest BCUT2D eigenvalue weighted by atomic mass is 19.1. The second-order valence-electron chi connectivity index (χ2n) is 5.14. The number of hydrogen-bond acceptors (Lipinski definition) is 1. The number of nitrogens with zero attached hydrogens (tertiary/aromatic N) is 1. The predicted molar refractivity (Wildman–Crippen MR) is 68.9 cm³/mol. The van der Waals surface area contributed by atoms with Gasteiger partial charge in [0, 0.05) is 19.8 Å². The molecule has 1 aromatic rings. The maximum absolute atomic E-state index is 13.9. The van der Waals surface area contributed by atoms with Crippen molar-refractivity contribution in [3.05, 3.63) is 29.1 Å². The molecule has 0 atom stereocenters. The molecule has 0 N–H and O–H groups in total. The molecule has 0 amide bonds. The van der Waals surface area contributed by atoms with Gasteiger partial charge in [0.2, 0.25) is 0 Å². The lowest BCUT2D eigenvalue weighted by Gasteiger charge is -2.22. The molecule has 0 aliphatic rings. The van der Waals surface area contributed by atoms with Gasteiger partial charge in [0.15, 0.2) is 0 Å². The summed E-state index contributed by atoms with van der Waals surface area (Å²) in [6.07, 6.45) is 0. The van der Waals surface area contributed by atoms with E-state index in [2.05, 4.69) is 18.7 Å². The van der Waals surface area contributed by atoms with E-state index in [1.807, 2.05) is 34.0 Å². The minimum absolute atomic E-state index is 0.0794. The summed E-state index contributed by atoms with van der Waals surface area (Å²) in [4.78, 5) is 2.06. The van der Waals surface area contributed by atoms with Crippen molar-refractivity contribution in [1.29, 1.82) is 0 Å². The van der Waals surface area contributed by atoms with Gasteiger partial charge < -0.3 is 4.90 Å². The first kappa shape index (κ1) is 13.0. The third-order valence-electron chi connectivity index (χ3n) is 2.87. The first-order valence-corrected chi connectivity index (χ1v) is 5.85. The Kier molecular flexibility index (Phi) is 3.95. The summed E-state index contributed by atoms with van der Waals surface area (Å²) in [5.41, 5.74) is 3.00. The molecular weight excluding hydrogens is 201 g/mol. The van der Waals surface area contributed by atoms with Crippen molar-refractivity contribution >= 4 is 5.69 Å². The average molecular weight is 223 g/mol. The van der Waals surface area contributed by atoms with Crippen LogP contribution in [0.5, 0.6) is 0 Å². The summed E-state index contributed by atoms with van der Waals surface area (Å²) in [6.45, 7) is 8.23. The van der Waals surface area contributed by atoms with Crippen LogP contribution in [0, 0.1) is 5.82 Å². The summed E-state index contributed by atoms with van der Waals surface area (Å²) in [7, 11) is 4.01. The fourth-order valence-corrected chi connectivity index (χ4v) is 1.89. The molecule has 16 heavy (non-hydrogen) atoms. The first-order chi connectivity index (χ1) is 7.34. The van der Waals surface area contributed by atoms with Gasteiger partial charge in [-0.15, -0.1) is 0 Å². The Morgan fingerprint density at radius 2 is 1.44 bits per heavy atom. The standard InChI is InChI=1S/C14H22FN/c1-9(2)11-8-14(16(5)6)12(10(3)4)7-13(11)15/h7-10H,1-6H3. The molecule has 0 aromatic heterocycles. The lowest BCUT2D eigenvalue weighted by Crippen LogP contribution is -2.13. The lowest BCUT2D eigenvalue weighted by atomic mass is 9.94. The van der Waals surface area contributed by atoms with Gasteiger partial charge in [0.25, 0.3) is 0 Å². The van der Waals surface area contributed by atoms with Crippen LogP contribution in [0.25, 0.3) is 0 Å². The average Bonchev–Trinajstić information content (AvgIpc) is 2.15. The zero-order valence-corrected chi connectivity index (χ0v) is 11.1. The van der Waals surface area contributed by atoms with Crippen LogP contribution in [0.1, 0.15) is 50.7 Å². The minimum Gasteiger partial charge on any atom is -0.377 e. The van der Waals surface area contributed by atoms with Crippen molar-refractivity contribution in [2.45, 2.75) is 39.5 Å². The SMILES string of the molecule is CC(C)c1cc(N(C)C)c(C(C)C)cc1F. The Balaban J connectivity index is 3.37. The molecule has 0 heterocycles. The molecule has 1 aromatic carbocycles. The smallest absolute Gasteiger partial charge is 0.127 e. The topological polar surface area (TPSA) is 3.24 Å². The summed E-state index contributed by atoms with van der Waals surface area (Å²) in [5.74, 6) is 0.484. The van der Waals surface area contributed by atoms with Crippen LogP contribution in [0.15, 0.2) is 12.1 Å². The predicted octanol–water partition coefficient (Wildman–Crippen LogP) is 4.14. The Bertz CT molecular complexity index is 367. The van der Waals surface area contributed by atoms with Crippen molar-refractivity contribution < 1.29 is 4.39 Å². The first-order valence-electron chi connectivity index (χ1n) is 5.85. The second-order valence-corrected chi connectivity index (χ2v) is 5.14. The number of anilines is 1. The second kappa shape index (κ2) is 4.86. The van der Waals surface area contributed by atoms with E-state index >= 15 is 0 Å². The van der Waals surface area contributed by atoms with E-state index in [-0.39, 0.29) is 11.7 Å². The molecule has 0 fully saturated rings. The van der Waals surface area contributed by atoms with E-state index < -0.39 is 0 Å². The molecule has 0 saturated heterocycles. The van der Waals surface area contributed by atoms with Crippen molar-refractivity contribution in [1.82, 2.24) is 0 Å². The fourth-order valence-electron chi connectivity index (χ4n) is 1.89. The molecule has 0 aliphatic carbocycles. The van der Waals surface area contributed by atoms with Gasteiger partial charge in [-0.2, -0.15) is 0 Å². The molecule has 0 aliphatic heterocycles. The summed E-state index contributed by atoms with van der Waals surface area (Å²) < 4.78 is 13.9. The molecule has 0 spiro atoms. The minimum atomic E-state index is -0.0794. The van der Waals surface area contributed by atoms with E-state index in [1.54, 1.807) is 6.07 Å². The molecule has 0 radical (unpaired) electrons. The van der Waals surface area contributed by atoms with Gasteiger partial charge in [-0.25, -0.2) is 4.39 Å². The Labute approximate surface area is 98.3 Å². The Hall–Kier alpha value is -1.05. The van der Waals surface area contributed by atoms with E-state index in [1.165, 1.54) is 0 Å². The van der Waals surface area contributed by atoms with Crippen LogP contribution in [0.3, 0.4) is 0 Å². The van der Waals surface area contributed by atoms with Gasteiger partial charge in [-0.3, -0.25) is 0 Å². The highest BCUT2D eigenvalue weighted by Gasteiger charge is 2.15. The van der Waals surface area contributed by atoms with Gasteiger partial charge in [0.05, 0.1) is 0 Å². The Morgan fingerprint density at radius 1 is 0.938 bits per heavy atom. The van der Waals surface area contributed by atoms with Crippen LogP contribution in [0.2, 0.25) is 0 Å². The lowest BCUT2D eigenvalue weighted by molar-refractivity contribution is 0.594. The zero-order chi connectivity index (χ0) is 12.5. The molecule has 90 valence electrons. The van der Waals surface area contributed by atoms with E-state index in [0.29, 0.717) is 5.92 Å². The third kappa shape index (κ3) is 2.55. The van der Waals surface area contributed by atoms with Crippen LogP contribution < -0.4 is 4.90 Å². The summed E-state index contributed by atoms with van der Waals surface area (Å²) in [5, 5.41) is 0. The maximum Gasteiger partial charge on any atom is 0.127 e. The Morgan fingerprint density at radius 3 is 1.81 bits per heavy atom. The summed E-state index contributed by atoms with van der Waals surface area (Å²) in [6, 6.07) is 3.67. The van der Waals surface area contributed by atoms with Crippen LogP contribution >= 0.6 is 0 Å². The molecule has 1 nitrogen and oxygen atoms in total. The molecule has 2 heteroatoms. The van der Waals surface area contributed by atoms with Gasteiger partial charge in [-0.05, 0) is 35.1 Å². The number of halogens is 1. The number of rotatable bonds is 3. The van der Waals surface area contributed by atoms with Crippen LogP contribution in [-0.4, -0.2) is 14.1 Å². The van der Waals surface area contributed by atoms with E-state index in [0.717, 1.165) is 16.8 Å². The third-order valence-corrected chi connectivity index (χ3v) is 2.87. The molecule has 0 bridgehead atoms. The van der Waals surface area contributed by atoms with Crippen molar-refractivity contribution in [2.75, 3.05) is 19.0 Å². The van der Waals surface area contributed by atoms with E-state index in [9.17, 15) is 4.39 Å². The van der Waals surface area contributed by atoms with Crippen molar-refractivity contribution in [2.24, 2.45) is 0 Å².